The Morgan fingerprint density at radius 3 is 2.03 bits per heavy atom. The van der Waals surface area contributed by atoms with E-state index in [0.29, 0.717) is 5.82 Å². The molecular formula is C55H35N3O2S. The maximum Gasteiger partial charge on any atom is 0.160 e. The number of anilines is 3. The van der Waals surface area contributed by atoms with Gasteiger partial charge in [-0.15, -0.1) is 11.3 Å². The van der Waals surface area contributed by atoms with Crippen LogP contribution in [0.25, 0.3) is 98.0 Å². The molecule has 0 bridgehead atoms. The Kier molecular flexibility index (Phi) is 7.17. The SMILES string of the molecule is CC1(C)c2ccccc2-c2ccc(N(c3ccccc3)c3ccc(-c4nc(-c5cccc6c5oc5cc7oc8ccccc8c7cc56)c5sc6ccccc6c5n4)cc3)cc21. The Morgan fingerprint density at radius 2 is 1.15 bits per heavy atom. The predicted octanol–water partition coefficient (Wildman–Crippen LogP) is 15.8. The van der Waals surface area contributed by atoms with E-state index in [2.05, 4.69) is 176 Å². The summed E-state index contributed by atoms with van der Waals surface area (Å²) in [5.41, 5.74) is 15.4. The van der Waals surface area contributed by atoms with Gasteiger partial charge in [0.05, 0.1) is 15.9 Å². The minimum atomic E-state index is -0.110. The number of furan rings is 2. The first-order valence-electron chi connectivity index (χ1n) is 20.6. The number of hydrogen-bond donors (Lipinski definition) is 0. The van der Waals surface area contributed by atoms with Crippen molar-refractivity contribution in [2.45, 2.75) is 19.3 Å². The lowest BCUT2D eigenvalue weighted by atomic mass is 9.82. The monoisotopic (exact) mass is 801 g/mol. The summed E-state index contributed by atoms with van der Waals surface area (Å²) in [6, 6.07) is 62.3. The molecule has 61 heavy (non-hydrogen) atoms. The van der Waals surface area contributed by atoms with Crippen LogP contribution < -0.4 is 4.90 Å². The van der Waals surface area contributed by atoms with Crippen molar-refractivity contribution in [1.82, 2.24) is 9.97 Å². The predicted molar refractivity (Wildman–Crippen MR) is 253 cm³/mol. The van der Waals surface area contributed by atoms with Gasteiger partial charge in [-0.25, -0.2) is 9.97 Å². The molecule has 0 saturated carbocycles. The molecule has 13 rings (SSSR count). The van der Waals surface area contributed by atoms with Crippen LogP contribution in [0.15, 0.2) is 185 Å². The first kappa shape index (κ1) is 34.3. The van der Waals surface area contributed by atoms with Crippen molar-refractivity contribution in [3.8, 4) is 33.8 Å². The molecule has 6 heteroatoms. The molecule has 1 aliphatic carbocycles. The zero-order valence-corrected chi connectivity index (χ0v) is 34.1. The van der Waals surface area contributed by atoms with Crippen molar-refractivity contribution < 1.29 is 8.83 Å². The first-order valence-corrected chi connectivity index (χ1v) is 21.5. The van der Waals surface area contributed by atoms with Gasteiger partial charge in [0.1, 0.15) is 22.3 Å². The molecule has 0 unspecified atom stereocenters. The fourth-order valence-corrected chi connectivity index (χ4v) is 10.9. The van der Waals surface area contributed by atoms with Crippen LogP contribution in [0.1, 0.15) is 25.0 Å². The van der Waals surface area contributed by atoms with Gasteiger partial charge in [0.25, 0.3) is 0 Å². The molecule has 0 atom stereocenters. The van der Waals surface area contributed by atoms with Gasteiger partial charge in [-0.2, -0.15) is 0 Å². The summed E-state index contributed by atoms with van der Waals surface area (Å²) in [6.45, 7) is 4.67. The summed E-state index contributed by atoms with van der Waals surface area (Å²) in [5.74, 6) is 0.665. The molecule has 0 radical (unpaired) electrons. The van der Waals surface area contributed by atoms with Gasteiger partial charge in [0.2, 0.25) is 0 Å². The second kappa shape index (κ2) is 12.7. The molecule has 4 heterocycles. The van der Waals surface area contributed by atoms with Crippen LogP contribution >= 0.6 is 11.3 Å². The largest absolute Gasteiger partial charge is 0.456 e. The number of fused-ring (bicyclic) bond motifs is 12. The highest BCUT2D eigenvalue weighted by molar-refractivity contribution is 7.26. The van der Waals surface area contributed by atoms with E-state index in [0.717, 1.165) is 93.4 Å². The lowest BCUT2D eigenvalue weighted by Gasteiger charge is -2.28. The summed E-state index contributed by atoms with van der Waals surface area (Å²) in [5, 5.41) is 5.38. The van der Waals surface area contributed by atoms with Crippen LogP contribution in [0.4, 0.5) is 17.1 Å². The molecule has 12 aromatic rings. The first-order chi connectivity index (χ1) is 30.0. The molecule has 1 aliphatic rings. The van der Waals surface area contributed by atoms with Crippen molar-refractivity contribution in [3.05, 3.63) is 187 Å². The number of nitrogens with zero attached hydrogens (tertiary/aromatic N) is 3. The third-order valence-electron chi connectivity index (χ3n) is 12.7. The molecule has 5 nitrogen and oxygen atoms in total. The third kappa shape index (κ3) is 5.06. The number of thiophene rings is 1. The molecule has 4 aromatic heterocycles. The van der Waals surface area contributed by atoms with Crippen molar-refractivity contribution >= 4 is 92.6 Å². The molecule has 0 aliphatic heterocycles. The van der Waals surface area contributed by atoms with E-state index < -0.39 is 0 Å². The smallest absolute Gasteiger partial charge is 0.160 e. The van der Waals surface area contributed by atoms with E-state index in [1.807, 2.05) is 18.2 Å². The Morgan fingerprint density at radius 1 is 0.475 bits per heavy atom. The highest BCUT2D eigenvalue weighted by atomic mass is 32.1. The van der Waals surface area contributed by atoms with Gasteiger partial charge in [-0.3, -0.25) is 0 Å². The molecule has 8 aromatic carbocycles. The second-order valence-electron chi connectivity index (χ2n) is 16.5. The molecule has 288 valence electrons. The summed E-state index contributed by atoms with van der Waals surface area (Å²) in [4.78, 5) is 13.1. The third-order valence-corrected chi connectivity index (χ3v) is 13.9. The average molecular weight is 802 g/mol. The minimum absolute atomic E-state index is 0.110. The van der Waals surface area contributed by atoms with E-state index in [9.17, 15) is 0 Å². The fraction of sp³-hybridized carbons (Fsp3) is 0.0545. The van der Waals surface area contributed by atoms with Crippen LogP contribution in [0.5, 0.6) is 0 Å². The summed E-state index contributed by atoms with van der Waals surface area (Å²) in [7, 11) is 0. The van der Waals surface area contributed by atoms with E-state index in [-0.39, 0.29) is 5.41 Å². The van der Waals surface area contributed by atoms with Crippen molar-refractivity contribution in [2.75, 3.05) is 4.90 Å². The zero-order chi connectivity index (χ0) is 40.4. The van der Waals surface area contributed by atoms with Crippen LogP contribution in [0.3, 0.4) is 0 Å². The standard InChI is InChI=1S/C55H35N3O2S/c1-55(2)44-20-9-6-15-36(44)37-28-27-35(29-45(37)55)58(33-13-4-3-5-14-33)34-25-23-32(24-26-34)54-56-50-40-17-8-11-22-49(40)61-53(50)51(57-54)41-19-12-18-39-43-30-42-38-16-7-10-21-46(38)59-47(42)31-48(43)60-52(39)41/h3-31H,1-2H3. The lowest BCUT2D eigenvalue weighted by Crippen LogP contribution is -2.16. The van der Waals surface area contributed by atoms with Crippen LogP contribution in [0.2, 0.25) is 0 Å². The van der Waals surface area contributed by atoms with Gasteiger partial charge < -0.3 is 13.7 Å². The minimum Gasteiger partial charge on any atom is -0.456 e. The number of para-hydroxylation sites is 3. The molecular weight excluding hydrogens is 767 g/mol. The highest BCUT2D eigenvalue weighted by Crippen LogP contribution is 2.51. The van der Waals surface area contributed by atoms with Gasteiger partial charge >= 0.3 is 0 Å². The molecule has 0 N–H and O–H groups in total. The zero-order valence-electron chi connectivity index (χ0n) is 33.3. The number of aromatic nitrogens is 2. The lowest BCUT2D eigenvalue weighted by molar-refractivity contribution is 0.656. The Bertz CT molecular complexity index is 3750. The van der Waals surface area contributed by atoms with Gasteiger partial charge in [0.15, 0.2) is 5.82 Å². The van der Waals surface area contributed by atoms with Crippen LogP contribution in [-0.4, -0.2) is 9.97 Å². The second-order valence-corrected chi connectivity index (χ2v) is 17.6. The average Bonchev–Trinajstić information content (AvgIpc) is 4.04. The maximum atomic E-state index is 6.77. The van der Waals surface area contributed by atoms with E-state index in [1.54, 1.807) is 11.3 Å². The Hall–Kier alpha value is -7.54. The molecule has 0 amide bonds. The number of benzene rings is 8. The summed E-state index contributed by atoms with van der Waals surface area (Å²) < 4.78 is 15.2. The topological polar surface area (TPSA) is 55.3 Å². The van der Waals surface area contributed by atoms with Crippen molar-refractivity contribution in [3.63, 3.8) is 0 Å². The van der Waals surface area contributed by atoms with Gasteiger partial charge in [0, 0.05) is 71.3 Å². The normalized spacial score (nSPS) is 13.2. The highest BCUT2D eigenvalue weighted by Gasteiger charge is 2.35. The van der Waals surface area contributed by atoms with Crippen molar-refractivity contribution in [2.24, 2.45) is 0 Å². The Labute approximate surface area is 354 Å². The van der Waals surface area contributed by atoms with E-state index in [4.69, 9.17) is 18.8 Å². The van der Waals surface area contributed by atoms with Crippen LogP contribution in [0, 0.1) is 0 Å². The summed E-state index contributed by atoms with van der Waals surface area (Å²) >= 11 is 1.72. The Balaban J connectivity index is 0.960. The van der Waals surface area contributed by atoms with Gasteiger partial charge in [-0.1, -0.05) is 111 Å². The summed E-state index contributed by atoms with van der Waals surface area (Å²) in [6.07, 6.45) is 0. The number of rotatable bonds is 5. The van der Waals surface area contributed by atoms with Crippen molar-refractivity contribution in [1.29, 1.82) is 0 Å². The molecule has 0 fully saturated rings. The van der Waals surface area contributed by atoms with E-state index in [1.165, 1.54) is 27.0 Å². The number of hydrogen-bond acceptors (Lipinski definition) is 6. The van der Waals surface area contributed by atoms with E-state index >= 15 is 0 Å². The van der Waals surface area contributed by atoms with Crippen LogP contribution in [-0.2, 0) is 5.41 Å². The quantitative estimate of drug-likeness (QED) is 0.173. The van der Waals surface area contributed by atoms with Gasteiger partial charge in [-0.05, 0) is 95.1 Å². The molecule has 0 saturated heterocycles. The maximum absolute atomic E-state index is 6.77. The fourth-order valence-electron chi connectivity index (χ4n) is 9.72. The molecule has 0 spiro atoms.